The summed E-state index contributed by atoms with van der Waals surface area (Å²) in [5.41, 5.74) is 3.07. The van der Waals surface area contributed by atoms with Crippen molar-refractivity contribution < 1.29 is 18.7 Å². The maximum atomic E-state index is 13.1. The van der Waals surface area contributed by atoms with Gasteiger partial charge in [-0.15, -0.1) is 0 Å². The highest BCUT2D eigenvalue weighted by molar-refractivity contribution is 6.05. The summed E-state index contributed by atoms with van der Waals surface area (Å²) in [4.78, 5) is 25.7. The molecule has 3 aromatic rings. The summed E-state index contributed by atoms with van der Waals surface area (Å²) in [6.45, 7) is 14.2. The van der Waals surface area contributed by atoms with E-state index in [4.69, 9.17) is 13.9 Å². The zero-order valence-corrected chi connectivity index (χ0v) is 30.1. The Morgan fingerprint density at radius 1 is 0.938 bits per heavy atom. The maximum Gasteiger partial charge on any atom is 0.344 e. The van der Waals surface area contributed by atoms with Gasteiger partial charge in [0, 0.05) is 17.4 Å². The second kappa shape index (κ2) is 13.0. The molecule has 4 aliphatic rings. The van der Waals surface area contributed by atoms with Gasteiger partial charge in [-0.1, -0.05) is 83.7 Å². The van der Waals surface area contributed by atoms with Gasteiger partial charge in [-0.2, -0.15) is 0 Å². The third-order valence-electron chi connectivity index (χ3n) is 13.9. The van der Waals surface area contributed by atoms with Gasteiger partial charge in [0.1, 0.15) is 17.4 Å². The second-order valence-corrected chi connectivity index (χ2v) is 16.9. The van der Waals surface area contributed by atoms with Gasteiger partial charge in [-0.05, 0) is 122 Å². The molecular formula is C43H56O5. The first-order chi connectivity index (χ1) is 23.0. The zero-order valence-electron chi connectivity index (χ0n) is 30.1. The van der Waals surface area contributed by atoms with E-state index < -0.39 is 0 Å². The number of benzene rings is 2. The predicted molar refractivity (Wildman–Crippen MR) is 193 cm³/mol. The summed E-state index contributed by atoms with van der Waals surface area (Å²) in [6.07, 6.45) is 16.2. The molecule has 0 spiro atoms. The Hall–Kier alpha value is -3.08. The Balaban J connectivity index is 0.974. The van der Waals surface area contributed by atoms with Gasteiger partial charge in [0.15, 0.2) is 6.61 Å². The molecule has 48 heavy (non-hydrogen) atoms. The molecule has 8 atom stereocenters. The van der Waals surface area contributed by atoms with E-state index in [1.807, 2.05) is 37.3 Å². The SMILES string of the molecule is Cc1c(OCC(=O)O[C@H]2CC[C@@]3(C)C(=CC[C@H]4[C@@H]5CC[C@H]([C@H](C)CCCC(C)C)[C@@]5(C)CC[C@@H]43)C2)ccc2c1oc(=O)c1ccccc12. The van der Waals surface area contributed by atoms with Crippen LogP contribution in [-0.2, 0) is 9.53 Å². The first-order valence-corrected chi connectivity index (χ1v) is 19.0. The van der Waals surface area contributed by atoms with Crippen LogP contribution in [0.15, 0.2) is 57.3 Å². The number of ether oxygens (including phenoxy) is 2. The third-order valence-corrected chi connectivity index (χ3v) is 13.9. The highest BCUT2D eigenvalue weighted by atomic mass is 16.6. The lowest BCUT2D eigenvalue weighted by Gasteiger charge is -2.58. The Bertz CT molecular complexity index is 1770. The number of rotatable bonds is 9. The summed E-state index contributed by atoms with van der Waals surface area (Å²) < 4.78 is 17.7. The molecule has 258 valence electrons. The molecule has 0 saturated heterocycles. The molecule has 0 radical (unpaired) electrons. The van der Waals surface area contributed by atoms with E-state index in [0.717, 1.165) is 65.5 Å². The van der Waals surface area contributed by atoms with Crippen molar-refractivity contribution in [2.24, 2.45) is 46.3 Å². The zero-order chi connectivity index (χ0) is 33.8. The van der Waals surface area contributed by atoms with E-state index in [2.05, 4.69) is 40.7 Å². The summed E-state index contributed by atoms with van der Waals surface area (Å²) >= 11 is 0. The molecule has 3 fully saturated rings. The van der Waals surface area contributed by atoms with Crippen LogP contribution in [0.5, 0.6) is 5.75 Å². The highest BCUT2D eigenvalue weighted by Crippen LogP contribution is 2.67. The Morgan fingerprint density at radius 2 is 1.73 bits per heavy atom. The fourth-order valence-electron chi connectivity index (χ4n) is 11.3. The first kappa shape index (κ1) is 33.4. The molecule has 0 amide bonds. The molecule has 0 unspecified atom stereocenters. The minimum absolute atomic E-state index is 0.101. The van der Waals surface area contributed by atoms with E-state index in [9.17, 15) is 9.59 Å². The molecule has 5 nitrogen and oxygen atoms in total. The summed E-state index contributed by atoms with van der Waals surface area (Å²) in [5.74, 6) is 5.10. The number of hydrogen-bond donors (Lipinski definition) is 0. The lowest BCUT2D eigenvalue weighted by Crippen LogP contribution is -2.51. The van der Waals surface area contributed by atoms with E-state index in [0.29, 0.717) is 27.7 Å². The monoisotopic (exact) mass is 652 g/mol. The molecular weight excluding hydrogens is 596 g/mol. The Morgan fingerprint density at radius 3 is 2.52 bits per heavy atom. The third kappa shape index (κ3) is 5.81. The molecule has 0 N–H and O–H groups in total. The maximum absolute atomic E-state index is 13.1. The largest absolute Gasteiger partial charge is 0.481 e. The van der Waals surface area contributed by atoms with Crippen molar-refractivity contribution in [3.63, 3.8) is 0 Å². The van der Waals surface area contributed by atoms with Gasteiger partial charge in [0.25, 0.3) is 0 Å². The van der Waals surface area contributed by atoms with Gasteiger partial charge in [-0.3, -0.25) is 0 Å². The first-order valence-electron chi connectivity index (χ1n) is 19.0. The number of hydrogen-bond acceptors (Lipinski definition) is 5. The molecule has 0 bridgehead atoms. The lowest BCUT2D eigenvalue weighted by atomic mass is 9.47. The summed E-state index contributed by atoms with van der Waals surface area (Å²) in [6, 6.07) is 11.2. The van der Waals surface area contributed by atoms with Crippen LogP contribution in [0.4, 0.5) is 0 Å². The molecule has 4 aliphatic carbocycles. The standard InChI is InChI=1S/C43H56O5/c1-26(2)10-9-11-27(3)35-17-18-36-34-15-14-29-24-30(20-22-42(29,5)37(34)21-23-43(35,36)6)47-39(44)25-46-38-19-16-32-31-12-7-8-13-33(31)41(45)48-40(32)28(38)4/h7-8,12-14,16,19,26-27,30,34-37H,9-11,15,17-18,20-25H2,1-6H3/t27-,30+,34+,35-,36+,37+,42+,43-/m1/s1. The van der Waals surface area contributed by atoms with Crippen LogP contribution in [0, 0.1) is 53.3 Å². The van der Waals surface area contributed by atoms with Crippen LogP contribution in [-0.4, -0.2) is 18.7 Å². The molecule has 0 aliphatic heterocycles. The molecule has 3 saturated carbocycles. The van der Waals surface area contributed by atoms with E-state index >= 15 is 0 Å². The molecule has 1 aromatic heterocycles. The lowest BCUT2D eigenvalue weighted by molar-refractivity contribution is -0.153. The van der Waals surface area contributed by atoms with Crippen molar-refractivity contribution in [3.05, 3.63) is 64.0 Å². The minimum atomic E-state index is -0.373. The Kier molecular flexibility index (Phi) is 9.04. The fourth-order valence-corrected chi connectivity index (χ4v) is 11.3. The van der Waals surface area contributed by atoms with Gasteiger partial charge in [0.05, 0.1) is 5.39 Å². The normalized spacial score (nSPS) is 32.0. The van der Waals surface area contributed by atoms with Crippen molar-refractivity contribution in [2.75, 3.05) is 6.61 Å². The fraction of sp³-hybridized carbons (Fsp3) is 0.628. The van der Waals surface area contributed by atoms with Crippen molar-refractivity contribution in [3.8, 4) is 5.75 Å². The number of carbonyl (C=O) groups excluding carboxylic acids is 1. The molecule has 5 heteroatoms. The molecule has 7 rings (SSSR count). The van der Waals surface area contributed by atoms with Gasteiger partial charge in [-0.25, -0.2) is 9.59 Å². The Labute approximate surface area is 286 Å². The van der Waals surface area contributed by atoms with Gasteiger partial charge < -0.3 is 13.9 Å². The molecule has 2 aromatic carbocycles. The van der Waals surface area contributed by atoms with Crippen molar-refractivity contribution in [1.82, 2.24) is 0 Å². The summed E-state index contributed by atoms with van der Waals surface area (Å²) in [5, 5.41) is 2.26. The molecule has 1 heterocycles. The number of fused-ring (bicyclic) bond motifs is 8. The van der Waals surface area contributed by atoms with E-state index in [-0.39, 0.29) is 29.7 Å². The van der Waals surface area contributed by atoms with Crippen LogP contribution in [0.3, 0.4) is 0 Å². The number of esters is 1. The van der Waals surface area contributed by atoms with Crippen LogP contribution in [0.25, 0.3) is 21.7 Å². The van der Waals surface area contributed by atoms with Crippen molar-refractivity contribution in [1.29, 1.82) is 0 Å². The van der Waals surface area contributed by atoms with Crippen LogP contribution in [0.2, 0.25) is 0 Å². The van der Waals surface area contributed by atoms with Gasteiger partial charge in [0.2, 0.25) is 0 Å². The number of aryl methyl sites for hydroxylation is 1. The topological polar surface area (TPSA) is 65.7 Å². The average Bonchev–Trinajstić information content (AvgIpc) is 3.42. The number of allylic oxidation sites excluding steroid dienone is 1. The summed E-state index contributed by atoms with van der Waals surface area (Å²) in [7, 11) is 0. The van der Waals surface area contributed by atoms with Gasteiger partial charge >= 0.3 is 11.6 Å². The predicted octanol–water partition coefficient (Wildman–Crippen LogP) is 10.6. The average molecular weight is 653 g/mol. The van der Waals surface area contributed by atoms with E-state index in [1.165, 1.54) is 56.9 Å². The van der Waals surface area contributed by atoms with Crippen LogP contribution >= 0.6 is 0 Å². The van der Waals surface area contributed by atoms with Crippen LogP contribution in [0.1, 0.15) is 111 Å². The smallest absolute Gasteiger partial charge is 0.344 e. The quantitative estimate of drug-likeness (QED) is 0.0996. The highest BCUT2D eigenvalue weighted by Gasteiger charge is 2.59. The van der Waals surface area contributed by atoms with E-state index in [1.54, 1.807) is 6.07 Å². The van der Waals surface area contributed by atoms with Crippen LogP contribution < -0.4 is 10.4 Å². The second-order valence-electron chi connectivity index (χ2n) is 16.9. The van der Waals surface area contributed by atoms with Crippen molar-refractivity contribution in [2.45, 2.75) is 118 Å². The number of carbonyl (C=O) groups is 1. The minimum Gasteiger partial charge on any atom is -0.481 e. The van der Waals surface area contributed by atoms with Crippen molar-refractivity contribution >= 4 is 27.7 Å².